The van der Waals surface area contributed by atoms with Crippen LogP contribution in [-0.4, -0.2) is 22.1 Å². The van der Waals surface area contributed by atoms with Crippen LogP contribution in [0.5, 0.6) is 0 Å². The molecule has 3 nitrogen and oxygen atoms in total. The Hall–Kier alpha value is -0.510. The third kappa shape index (κ3) is 1.16. The highest BCUT2D eigenvalue weighted by molar-refractivity contribution is 7.80. The van der Waals surface area contributed by atoms with E-state index in [4.69, 9.17) is 0 Å². The lowest BCUT2D eigenvalue weighted by Gasteiger charge is -2.16. The Morgan fingerprint density at radius 1 is 1.40 bits per heavy atom. The number of imide groups is 1. The Morgan fingerprint density at radius 2 is 1.80 bits per heavy atom. The van der Waals surface area contributed by atoms with Gasteiger partial charge in [0.15, 0.2) is 0 Å². The average molecular weight is 159 g/mol. The van der Waals surface area contributed by atoms with Crippen LogP contribution < -0.4 is 0 Å². The lowest BCUT2D eigenvalue weighted by Crippen LogP contribution is -2.33. The standard InChI is InChI=1S/C6H9NO2S/c1-4(10)7-5(8)2-3-6(7)9/h4,10H,2-3H2,1H3. The molecule has 0 aromatic carbocycles. The van der Waals surface area contributed by atoms with Gasteiger partial charge in [0.05, 0.1) is 5.37 Å². The van der Waals surface area contributed by atoms with E-state index in [0.717, 1.165) is 0 Å². The number of rotatable bonds is 1. The Bertz CT molecular complexity index is 163. The summed E-state index contributed by atoms with van der Waals surface area (Å²) in [5, 5.41) is -0.275. The van der Waals surface area contributed by atoms with E-state index in [1.54, 1.807) is 6.92 Å². The lowest BCUT2D eigenvalue weighted by atomic mass is 10.4. The Labute approximate surface area is 64.8 Å². The molecule has 0 aromatic heterocycles. The van der Waals surface area contributed by atoms with E-state index in [-0.39, 0.29) is 17.2 Å². The quantitative estimate of drug-likeness (QED) is 0.444. The molecule has 1 saturated heterocycles. The van der Waals surface area contributed by atoms with Gasteiger partial charge in [-0.3, -0.25) is 14.5 Å². The molecule has 0 spiro atoms. The van der Waals surface area contributed by atoms with Crippen molar-refractivity contribution < 1.29 is 9.59 Å². The topological polar surface area (TPSA) is 37.4 Å². The normalized spacial score (nSPS) is 22.0. The van der Waals surface area contributed by atoms with Crippen LogP contribution in [0, 0.1) is 0 Å². The Kier molecular flexibility index (Phi) is 1.99. The van der Waals surface area contributed by atoms with Gasteiger partial charge in [-0.05, 0) is 6.92 Å². The van der Waals surface area contributed by atoms with Crippen LogP contribution in [0.2, 0.25) is 0 Å². The molecule has 0 radical (unpaired) electrons. The summed E-state index contributed by atoms with van der Waals surface area (Å²) in [7, 11) is 0. The molecule has 1 aliphatic heterocycles. The number of amides is 2. The van der Waals surface area contributed by atoms with E-state index < -0.39 is 0 Å². The molecule has 1 heterocycles. The molecular weight excluding hydrogens is 150 g/mol. The minimum absolute atomic E-state index is 0.104. The zero-order valence-corrected chi connectivity index (χ0v) is 6.60. The third-order valence-corrected chi connectivity index (χ3v) is 1.69. The smallest absolute Gasteiger partial charge is 0.230 e. The molecule has 1 fully saturated rings. The molecule has 0 N–H and O–H groups in total. The Morgan fingerprint density at radius 3 is 2.00 bits per heavy atom. The molecule has 0 aromatic rings. The summed E-state index contributed by atoms with van der Waals surface area (Å²) in [5.74, 6) is -0.208. The number of nitrogens with zero attached hydrogens (tertiary/aromatic N) is 1. The van der Waals surface area contributed by atoms with Crippen molar-refractivity contribution in [3.05, 3.63) is 0 Å². The van der Waals surface area contributed by atoms with Gasteiger partial charge in [-0.2, -0.15) is 12.6 Å². The lowest BCUT2D eigenvalue weighted by molar-refractivity contribution is -0.138. The maximum atomic E-state index is 10.9. The third-order valence-electron chi connectivity index (χ3n) is 1.46. The molecule has 0 bridgehead atoms. The van der Waals surface area contributed by atoms with E-state index in [2.05, 4.69) is 12.6 Å². The molecule has 10 heavy (non-hydrogen) atoms. The van der Waals surface area contributed by atoms with Crippen molar-refractivity contribution in [1.82, 2.24) is 4.90 Å². The predicted octanol–water partition coefficient (Wildman–Crippen LogP) is 0.411. The van der Waals surface area contributed by atoms with Crippen molar-refractivity contribution in [2.75, 3.05) is 0 Å². The van der Waals surface area contributed by atoms with E-state index in [9.17, 15) is 9.59 Å². The highest BCUT2D eigenvalue weighted by atomic mass is 32.1. The van der Waals surface area contributed by atoms with Gasteiger partial charge in [0.25, 0.3) is 0 Å². The predicted molar refractivity (Wildman–Crippen MR) is 39.5 cm³/mol. The number of hydrogen-bond donors (Lipinski definition) is 1. The summed E-state index contributed by atoms with van der Waals surface area (Å²) in [6, 6.07) is 0. The molecule has 0 saturated carbocycles. The monoisotopic (exact) mass is 159 g/mol. The van der Waals surface area contributed by atoms with Gasteiger partial charge in [-0.15, -0.1) is 0 Å². The van der Waals surface area contributed by atoms with Crippen molar-refractivity contribution in [3.63, 3.8) is 0 Å². The first kappa shape index (κ1) is 7.60. The van der Waals surface area contributed by atoms with Crippen LogP contribution in [0.25, 0.3) is 0 Å². The van der Waals surface area contributed by atoms with E-state index in [1.165, 1.54) is 4.90 Å². The second-order valence-corrected chi connectivity index (χ2v) is 3.04. The van der Waals surface area contributed by atoms with Gasteiger partial charge >= 0.3 is 0 Å². The number of thiol groups is 1. The van der Waals surface area contributed by atoms with Gasteiger partial charge in [-0.25, -0.2) is 0 Å². The molecule has 2 amide bonds. The number of likely N-dealkylation sites (tertiary alicyclic amines) is 1. The average Bonchev–Trinajstić information content (AvgIpc) is 2.11. The van der Waals surface area contributed by atoms with Crippen LogP contribution in [0.3, 0.4) is 0 Å². The molecular formula is C6H9NO2S. The minimum Gasteiger partial charge on any atom is -0.274 e. The first-order valence-electron chi connectivity index (χ1n) is 3.16. The highest BCUT2D eigenvalue weighted by Crippen LogP contribution is 2.16. The summed E-state index contributed by atoms with van der Waals surface area (Å²) >= 11 is 4.00. The largest absolute Gasteiger partial charge is 0.274 e. The van der Waals surface area contributed by atoms with Gasteiger partial charge in [0, 0.05) is 12.8 Å². The number of carbonyl (C=O) groups is 2. The van der Waals surface area contributed by atoms with Crippen LogP contribution in [0.15, 0.2) is 0 Å². The van der Waals surface area contributed by atoms with Crippen molar-refractivity contribution in [3.8, 4) is 0 Å². The fourth-order valence-electron chi connectivity index (χ4n) is 1.01. The van der Waals surface area contributed by atoms with Crippen molar-refractivity contribution >= 4 is 24.4 Å². The zero-order chi connectivity index (χ0) is 7.72. The number of hydrogen-bond acceptors (Lipinski definition) is 3. The van der Waals surface area contributed by atoms with Crippen molar-refractivity contribution in [1.29, 1.82) is 0 Å². The fraction of sp³-hybridized carbons (Fsp3) is 0.667. The van der Waals surface area contributed by atoms with Gasteiger partial charge in [0.2, 0.25) is 11.8 Å². The summed E-state index contributed by atoms with van der Waals surface area (Å²) in [6.07, 6.45) is 0.702. The second kappa shape index (κ2) is 2.62. The number of carbonyl (C=O) groups excluding carboxylic acids is 2. The van der Waals surface area contributed by atoms with Gasteiger partial charge < -0.3 is 0 Å². The minimum atomic E-state index is -0.275. The van der Waals surface area contributed by atoms with Crippen LogP contribution in [0.4, 0.5) is 0 Å². The maximum absolute atomic E-state index is 10.9. The molecule has 56 valence electrons. The van der Waals surface area contributed by atoms with Gasteiger partial charge in [0.1, 0.15) is 0 Å². The van der Waals surface area contributed by atoms with Gasteiger partial charge in [-0.1, -0.05) is 0 Å². The first-order valence-corrected chi connectivity index (χ1v) is 3.67. The first-order chi connectivity index (χ1) is 4.63. The molecule has 4 heteroatoms. The summed E-state index contributed by atoms with van der Waals surface area (Å²) in [6.45, 7) is 1.71. The summed E-state index contributed by atoms with van der Waals surface area (Å²) < 4.78 is 0. The van der Waals surface area contributed by atoms with Crippen LogP contribution >= 0.6 is 12.6 Å². The summed E-state index contributed by atoms with van der Waals surface area (Å²) in [5.41, 5.74) is 0. The molecule has 1 unspecified atom stereocenters. The van der Waals surface area contributed by atoms with Crippen molar-refractivity contribution in [2.45, 2.75) is 25.1 Å². The van der Waals surface area contributed by atoms with Crippen LogP contribution in [-0.2, 0) is 9.59 Å². The molecule has 1 rings (SSSR count). The van der Waals surface area contributed by atoms with Crippen molar-refractivity contribution in [2.24, 2.45) is 0 Å². The SMILES string of the molecule is CC(S)N1C(=O)CCC1=O. The maximum Gasteiger partial charge on any atom is 0.230 e. The highest BCUT2D eigenvalue weighted by Gasteiger charge is 2.30. The molecule has 1 aliphatic rings. The Balaban J connectivity index is 2.72. The fourth-order valence-corrected chi connectivity index (χ4v) is 1.27. The van der Waals surface area contributed by atoms with Crippen LogP contribution in [0.1, 0.15) is 19.8 Å². The van der Waals surface area contributed by atoms with E-state index >= 15 is 0 Å². The summed E-state index contributed by atoms with van der Waals surface area (Å²) in [4.78, 5) is 23.0. The molecule has 0 aliphatic carbocycles. The molecule has 1 atom stereocenters. The van der Waals surface area contributed by atoms with E-state index in [1.807, 2.05) is 0 Å². The van der Waals surface area contributed by atoms with E-state index in [0.29, 0.717) is 12.8 Å². The second-order valence-electron chi connectivity index (χ2n) is 2.29. The zero-order valence-electron chi connectivity index (χ0n) is 5.70.